The quantitative estimate of drug-likeness (QED) is 0.774. The van der Waals surface area contributed by atoms with Gasteiger partial charge in [0.15, 0.2) is 0 Å². The SMILES string of the molecule is COC1CCCN(CC2CC(C)(C)CCC2=O)C1. The number of carbonyl (C=O) groups is 1. The van der Waals surface area contributed by atoms with Gasteiger partial charge in [0.2, 0.25) is 0 Å². The first kappa shape index (κ1) is 14.0. The summed E-state index contributed by atoms with van der Waals surface area (Å²) in [7, 11) is 1.79. The molecule has 1 aliphatic heterocycles. The molecule has 1 saturated carbocycles. The van der Waals surface area contributed by atoms with Gasteiger partial charge in [-0.3, -0.25) is 4.79 Å². The minimum atomic E-state index is 0.254. The second kappa shape index (κ2) is 5.70. The largest absolute Gasteiger partial charge is 0.380 e. The highest BCUT2D eigenvalue weighted by molar-refractivity contribution is 5.82. The number of ketones is 1. The number of ether oxygens (including phenoxy) is 1. The maximum absolute atomic E-state index is 12.0. The molecule has 2 fully saturated rings. The molecule has 0 N–H and O–H groups in total. The van der Waals surface area contributed by atoms with Gasteiger partial charge in [0.1, 0.15) is 5.78 Å². The molecule has 0 spiro atoms. The Kier molecular flexibility index (Phi) is 4.44. The Morgan fingerprint density at radius 1 is 1.44 bits per heavy atom. The second-order valence-electron chi connectivity index (χ2n) is 6.79. The molecule has 0 aromatic heterocycles. The Morgan fingerprint density at radius 3 is 2.94 bits per heavy atom. The number of Topliss-reactive ketones (excluding diaryl/α,β-unsaturated/α-hetero) is 1. The van der Waals surface area contributed by atoms with Crippen LogP contribution in [0.3, 0.4) is 0 Å². The van der Waals surface area contributed by atoms with Crippen molar-refractivity contribution in [1.82, 2.24) is 4.90 Å². The van der Waals surface area contributed by atoms with Crippen LogP contribution in [0.15, 0.2) is 0 Å². The topological polar surface area (TPSA) is 29.5 Å². The van der Waals surface area contributed by atoms with Gasteiger partial charge in [-0.15, -0.1) is 0 Å². The Bertz CT molecular complexity index is 301. The lowest BCUT2D eigenvalue weighted by molar-refractivity contribution is -0.128. The minimum absolute atomic E-state index is 0.254. The van der Waals surface area contributed by atoms with Crippen molar-refractivity contribution in [3.05, 3.63) is 0 Å². The summed E-state index contributed by atoms with van der Waals surface area (Å²) in [5, 5.41) is 0. The van der Waals surface area contributed by atoms with Crippen LogP contribution in [0.25, 0.3) is 0 Å². The van der Waals surface area contributed by atoms with Gasteiger partial charge in [0, 0.05) is 32.5 Å². The van der Waals surface area contributed by atoms with Gasteiger partial charge in [-0.25, -0.2) is 0 Å². The Balaban J connectivity index is 1.89. The Morgan fingerprint density at radius 2 is 2.22 bits per heavy atom. The number of carbonyl (C=O) groups excluding carboxylic acids is 1. The summed E-state index contributed by atoms with van der Waals surface area (Å²) in [6, 6.07) is 0. The fraction of sp³-hybridized carbons (Fsp3) is 0.933. The summed E-state index contributed by atoms with van der Waals surface area (Å²) in [6.07, 6.45) is 5.62. The van der Waals surface area contributed by atoms with E-state index in [0.29, 0.717) is 17.3 Å². The first-order valence-electron chi connectivity index (χ1n) is 7.28. The van der Waals surface area contributed by atoms with Crippen molar-refractivity contribution < 1.29 is 9.53 Å². The number of piperidine rings is 1. The first-order chi connectivity index (χ1) is 8.50. The molecule has 2 aliphatic rings. The van der Waals surface area contributed by atoms with E-state index in [0.717, 1.165) is 45.3 Å². The van der Waals surface area contributed by atoms with E-state index in [4.69, 9.17) is 4.74 Å². The van der Waals surface area contributed by atoms with Crippen molar-refractivity contribution in [2.45, 2.75) is 52.1 Å². The lowest BCUT2D eigenvalue weighted by Gasteiger charge is -2.39. The first-order valence-corrected chi connectivity index (χ1v) is 7.28. The van der Waals surface area contributed by atoms with Crippen LogP contribution in [0.2, 0.25) is 0 Å². The molecule has 0 aromatic carbocycles. The van der Waals surface area contributed by atoms with E-state index in [9.17, 15) is 4.79 Å². The van der Waals surface area contributed by atoms with Crippen LogP contribution in [0.1, 0.15) is 46.0 Å². The molecule has 2 atom stereocenters. The number of nitrogens with zero attached hydrogens (tertiary/aromatic N) is 1. The van der Waals surface area contributed by atoms with Crippen molar-refractivity contribution in [2.75, 3.05) is 26.7 Å². The lowest BCUT2D eigenvalue weighted by atomic mass is 9.71. The standard InChI is InChI=1S/C15H27NO2/c1-15(2)7-6-14(17)12(9-15)10-16-8-4-5-13(11-16)18-3/h12-13H,4-11H2,1-3H3. The van der Waals surface area contributed by atoms with Gasteiger partial charge in [-0.1, -0.05) is 13.8 Å². The van der Waals surface area contributed by atoms with Crippen LogP contribution < -0.4 is 0 Å². The third kappa shape index (κ3) is 3.55. The highest BCUT2D eigenvalue weighted by Crippen LogP contribution is 2.37. The molecule has 104 valence electrons. The van der Waals surface area contributed by atoms with Gasteiger partial charge in [0.25, 0.3) is 0 Å². The zero-order valence-corrected chi connectivity index (χ0v) is 12.1. The van der Waals surface area contributed by atoms with E-state index in [1.807, 2.05) is 0 Å². The average Bonchev–Trinajstić information content (AvgIpc) is 2.34. The summed E-state index contributed by atoms with van der Waals surface area (Å²) in [6.45, 7) is 7.66. The van der Waals surface area contributed by atoms with E-state index in [2.05, 4.69) is 18.7 Å². The van der Waals surface area contributed by atoms with Gasteiger partial charge in [0.05, 0.1) is 6.10 Å². The van der Waals surface area contributed by atoms with Gasteiger partial charge >= 0.3 is 0 Å². The molecular weight excluding hydrogens is 226 g/mol. The molecule has 2 rings (SSSR count). The summed E-state index contributed by atoms with van der Waals surface area (Å²) < 4.78 is 5.45. The molecular formula is C15H27NO2. The van der Waals surface area contributed by atoms with E-state index < -0.39 is 0 Å². The number of hydrogen-bond donors (Lipinski definition) is 0. The van der Waals surface area contributed by atoms with Crippen molar-refractivity contribution in [2.24, 2.45) is 11.3 Å². The van der Waals surface area contributed by atoms with Crippen LogP contribution in [0, 0.1) is 11.3 Å². The fourth-order valence-corrected chi connectivity index (χ4v) is 3.40. The average molecular weight is 253 g/mol. The molecule has 0 amide bonds. The molecule has 1 aliphatic carbocycles. The third-order valence-corrected chi connectivity index (χ3v) is 4.58. The predicted molar refractivity (Wildman–Crippen MR) is 72.6 cm³/mol. The van der Waals surface area contributed by atoms with Gasteiger partial charge in [-0.2, -0.15) is 0 Å². The van der Waals surface area contributed by atoms with Gasteiger partial charge < -0.3 is 9.64 Å². The predicted octanol–water partition coefficient (Wildman–Crippen LogP) is 2.49. The molecule has 1 saturated heterocycles. The summed E-state index contributed by atoms with van der Waals surface area (Å²) in [5.41, 5.74) is 0.342. The molecule has 3 nitrogen and oxygen atoms in total. The Hall–Kier alpha value is -0.410. The molecule has 2 unspecified atom stereocenters. The van der Waals surface area contributed by atoms with E-state index in [-0.39, 0.29) is 5.92 Å². The van der Waals surface area contributed by atoms with Crippen LogP contribution in [-0.2, 0) is 9.53 Å². The minimum Gasteiger partial charge on any atom is -0.380 e. The summed E-state index contributed by atoms with van der Waals surface area (Å²) in [5.74, 6) is 0.734. The van der Waals surface area contributed by atoms with Crippen LogP contribution in [0.5, 0.6) is 0 Å². The number of methoxy groups -OCH3 is 1. The second-order valence-corrected chi connectivity index (χ2v) is 6.79. The fourth-order valence-electron chi connectivity index (χ4n) is 3.40. The molecule has 0 aromatic rings. The zero-order chi connectivity index (χ0) is 13.2. The van der Waals surface area contributed by atoms with Crippen molar-refractivity contribution >= 4 is 5.78 Å². The van der Waals surface area contributed by atoms with Crippen molar-refractivity contribution in [3.8, 4) is 0 Å². The van der Waals surface area contributed by atoms with Crippen molar-refractivity contribution in [1.29, 1.82) is 0 Å². The van der Waals surface area contributed by atoms with Gasteiger partial charge in [-0.05, 0) is 37.6 Å². The van der Waals surface area contributed by atoms with Crippen molar-refractivity contribution in [3.63, 3.8) is 0 Å². The number of hydrogen-bond acceptors (Lipinski definition) is 3. The molecule has 3 heteroatoms. The molecule has 0 bridgehead atoms. The van der Waals surface area contributed by atoms with E-state index in [1.165, 1.54) is 6.42 Å². The molecule has 18 heavy (non-hydrogen) atoms. The number of rotatable bonds is 3. The lowest BCUT2D eigenvalue weighted by Crippen LogP contribution is -2.45. The zero-order valence-electron chi connectivity index (χ0n) is 12.1. The maximum atomic E-state index is 12.0. The summed E-state index contributed by atoms with van der Waals surface area (Å²) >= 11 is 0. The highest BCUT2D eigenvalue weighted by atomic mass is 16.5. The molecule has 0 radical (unpaired) electrons. The normalized spacial score (nSPS) is 33.6. The highest BCUT2D eigenvalue weighted by Gasteiger charge is 2.35. The van der Waals surface area contributed by atoms with Crippen LogP contribution >= 0.6 is 0 Å². The maximum Gasteiger partial charge on any atom is 0.137 e. The third-order valence-electron chi connectivity index (χ3n) is 4.58. The number of likely N-dealkylation sites (tertiary alicyclic amines) is 1. The smallest absolute Gasteiger partial charge is 0.137 e. The monoisotopic (exact) mass is 253 g/mol. The van der Waals surface area contributed by atoms with E-state index in [1.54, 1.807) is 7.11 Å². The van der Waals surface area contributed by atoms with E-state index >= 15 is 0 Å². The molecule has 1 heterocycles. The van der Waals surface area contributed by atoms with Crippen LogP contribution in [-0.4, -0.2) is 43.5 Å². The van der Waals surface area contributed by atoms with Crippen LogP contribution in [0.4, 0.5) is 0 Å². The Labute approximate surface area is 111 Å². The summed E-state index contributed by atoms with van der Waals surface area (Å²) in [4.78, 5) is 14.5.